The minimum Gasteiger partial charge on any atom is -0.494 e. The number of nitrogens with zero attached hydrogens (tertiary/aromatic N) is 1. The summed E-state index contributed by atoms with van der Waals surface area (Å²) in [5.41, 5.74) is 0.855. The highest BCUT2D eigenvalue weighted by molar-refractivity contribution is 8.18. The topological polar surface area (TPSA) is 55.8 Å². The fraction of sp³-hybridized carbons (Fsp3) is 0.273. The van der Waals surface area contributed by atoms with Gasteiger partial charge in [0.2, 0.25) is 0 Å². The van der Waals surface area contributed by atoms with Crippen molar-refractivity contribution in [3.05, 3.63) is 65.1 Å². The summed E-state index contributed by atoms with van der Waals surface area (Å²) in [4.78, 5) is 26.4. The van der Waals surface area contributed by atoms with Crippen LogP contribution in [-0.2, 0) is 4.79 Å². The Labute approximate surface area is 169 Å². The van der Waals surface area contributed by atoms with Crippen molar-refractivity contribution in [2.75, 3.05) is 19.8 Å². The maximum absolute atomic E-state index is 12.5. The van der Waals surface area contributed by atoms with E-state index in [1.807, 2.05) is 54.6 Å². The Bertz CT molecular complexity index is 833. The summed E-state index contributed by atoms with van der Waals surface area (Å²) < 4.78 is 11.2. The smallest absolute Gasteiger partial charge is 0.293 e. The van der Waals surface area contributed by atoms with Crippen molar-refractivity contribution in [2.24, 2.45) is 0 Å². The molecule has 6 heteroatoms. The SMILES string of the molecule is CCCCOc1ccc(/C=C2\SC(=O)N(CCOc3ccccc3)C2=O)cc1. The van der Waals surface area contributed by atoms with Gasteiger partial charge >= 0.3 is 0 Å². The first-order valence-electron chi connectivity index (χ1n) is 9.33. The van der Waals surface area contributed by atoms with Crippen molar-refractivity contribution in [3.8, 4) is 11.5 Å². The molecule has 0 spiro atoms. The average molecular weight is 397 g/mol. The van der Waals surface area contributed by atoms with Crippen LogP contribution in [0.25, 0.3) is 6.08 Å². The molecule has 0 unspecified atom stereocenters. The van der Waals surface area contributed by atoms with E-state index in [1.165, 1.54) is 4.90 Å². The molecule has 1 aliphatic heterocycles. The van der Waals surface area contributed by atoms with Crippen LogP contribution in [0.5, 0.6) is 11.5 Å². The van der Waals surface area contributed by atoms with Gasteiger partial charge in [0.1, 0.15) is 18.1 Å². The van der Waals surface area contributed by atoms with Gasteiger partial charge in [-0.1, -0.05) is 43.7 Å². The normalized spacial score (nSPS) is 15.3. The van der Waals surface area contributed by atoms with Crippen LogP contribution >= 0.6 is 11.8 Å². The summed E-state index contributed by atoms with van der Waals surface area (Å²) in [6.07, 6.45) is 3.84. The van der Waals surface area contributed by atoms with Gasteiger partial charge in [0.05, 0.1) is 18.1 Å². The summed E-state index contributed by atoms with van der Waals surface area (Å²) in [7, 11) is 0. The highest BCUT2D eigenvalue weighted by atomic mass is 32.2. The highest BCUT2D eigenvalue weighted by Crippen LogP contribution is 2.32. The van der Waals surface area contributed by atoms with E-state index in [-0.39, 0.29) is 24.3 Å². The second-order valence-electron chi connectivity index (χ2n) is 6.27. The van der Waals surface area contributed by atoms with Crippen LogP contribution in [0.1, 0.15) is 25.3 Å². The van der Waals surface area contributed by atoms with E-state index in [9.17, 15) is 9.59 Å². The third-order valence-electron chi connectivity index (χ3n) is 4.14. The molecule has 0 bridgehead atoms. The predicted molar refractivity (Wildman–Crippen MR) is 111 cm³/mol. The number of para-hydroxylation sites is 1. The van der Waals surface area contributed by atoms with Crippen molar-refractivity contribution >= 4 is 29.0 Å². The van der Waals surface area contributed by atoms with E-state index >= 15 is 0 Å². The molecule has 5 nitrogen and oxygen atoms in total. The average Bonchev–Trinajstić information content (AvgIpc) is 2.98. The lowest BCUT2D eigenvalue weighted by atomic mass is 10.2. The Balaban J connectivity index is 1.56. The fourth-order valence-corrected chi connectivity index (χ4v) is 3.48. The Morgan fingerprint density at radius 2 is 1.61 bits per heavy atom. The predicted octanol–water partition coefficient (Wildman–Crippen LogP) is 4.98. The molecule has 2 aromatic carbocycles. The Morgan fingerprint density at radius 3 is 2.32 bits per heavy atom. The number of carbonyl (C=O) groups excluding carboxylic acids is 2. The number of hydrogen-bond donors (Lipinski definition) is 0. The van der Waals surface area contributed by atoms with Crippen LogP contribution in [0.3, 0.4) is 0 Å². The Kier molecular flexibility index (Phi) is 7.14. The minimum atomic E-state index is -0.282. The molecule has 146 valence electrons. The Hall–Kier alpha value is -2.73. The van der Waals surface area contributed by atoms with E-state index < -0.39 is 0 Å². The van der Waals surface area contributed by atoms with E-state index in [1.54, 1.807) is 6.08 Å². The number of ether oxygens (including phenoxy) is 2. The molecule has 0 atom stereocenters. The van der Waals surface area contributed by atoms with Gasteiger partial charge in [-0.3, -0.25) is 14.5 Å². The number of benzene rings is 2. The van der Waals surface area contributed by atoms with Crippen LogP contribution in [0.4, 0.5) is 4.79 Å². The van der Waals surface area contributed by atoms with Gasteiger partial charge in [-0.25, -0.2) is 0 Å². The molecular weight excluding hydrogens is 374 g/mol. The zero-order valence-electron chi connectivity index (χ0n) is 15.8. The summed E-state index contributed by atoms with van der Waals surface area (Å²) in [5.74, 6) is 1.23. The maximum Gasteiger partial charge on any atom is 0.293 e. The summed E-state index contributed by atoms with van der Waals surface area (Å²) in [6.45, 7) is 3.30. The molecule has 3 rings (SSSR count). The van der Waals surface area contributed by atoms with Crippen molar-refractivity contribution in [3.63, 3.8) is 0 Å². The van der Waals surface area contributed by atoms with Gasteiger partial charge in [0.15, 0.2) is 0 Å². The van der Waals surface area contributed by atoms with Crippen LogP contribution < -0.4 is 9.47 Å². The number of amides is 2. The van der Waals surface area contributed by atoms with Gasteiger partial charge in [-0.2, -0.15) is 0 Å². The molecule has 1 fully saturated rings. The van der Waals surface area contributed by atoms with Gasteiger partial charge in [-0.15, -0.1) is 0 Å². The van der Waals surface area contributed by atoms with Crippen LogP contribution in [0.15, 0.2) is 59.5 Å². The molecule has 2 amide bonds. The first kappa shape index (κ1) is 20.0. The second-order valence-corrected chi connectivity index (χ2v) is 7.26. The van der Waals surface area contributed by atoms with Gasteiger partial charge < -0.3 is 9.47 Å². The molecular formula is C22H23NO4S. The molecule has 0 aromatic heterocycles. The van der Waals surface area contributed by atoms with Gasteiger partial charge in [-0.05, 0) is 54.1 Å². The van der Waals surface area contributed by atoms with E-state index in [0.29, 0.717) is 17.3 Å². The first-order chi connectivity index (χ1) is 13.7. The number of hydrogen-bond acceptors (Lipinski definition) is 5. The summed E-state index contributed by atoms with van der Waals surface area (Å²) >= 11 is 0.956. The van der Waals surface area contributed by atoms with Crippen molar-refractivity contribution < 1.29 is 19.1 Å². The lowest BCUT2D eigenvalue weighted by Gasteiger charge is -2.13. The second kappa shape index (κ2) is 9.99. The third kappa shape index (κ3) is 5.39. The van der Waals surface area contributed by atoms with Gasteiger partial charge in [0.25, 0.3) is 11.1 Å². The molecule has 1 saturated heterocycles. The summed E-state index contributed by atoms with van der Waals surface area (Å²) in [6, 6.07) is 16.8. The molecule has 0 radical (unpaired) electrons. The van der Waals surface area contributed by atoms with Gasteiger partial charge in [0, 0.05) is 0 Å². The monoisotopic (exact) mass is 397 g/mol. The maximum atomic E-state index is 12.5. The van der Waals surface area contributed by atoms with Crippen LogP contribution in [0, 0.1) is 0 Å². The molecule has 0 aliphatic carbocycles. The number of imide groups is 1. The summed E-state index contributed by atoms with van der Waals surface area (Å²) in [5, 5.41) is -0.271. The molecule has 0 N–H and O–H groups in total. The highest BCUT2D eigenvalue weighted by Gasteiger charge is 2.34. The molecule has 0 saturated carbocycles. The van der Waals surface area contributed by atoms with E-state index in [2.05, 4.69) is 6.92 Å². The molecule has 1 heterocycles. The van der Waals surface area contributed by atoms with Crippen LogP contribution in [-0.4, -0.2) is 35.8 Å². The van der Waals surface area contributed by atoms with Crippen molar-refractivity contribution in [1.29, 1.82) is 0 Å². The molecule has 2 aromatic rings. The molecule has 28 heavy (non-hydrogen) atoms. The van der Waals surface area contributed by atoms with Crippen LogP contribution in [0.2, 0.25) is 0 Å². The minimum absolute atomic E-state index is 0.223. The lowest BCUT2D eigenvalue weighted by Crippen LogP contribution is -2.32. The number of carbonyl (C=O) groups is 2. The Morgan fingerprint density at radius 1 is 0.929 bits per heavy atom. The largest absolute Gasteiger partial charge is 0.494 e. The van der Waals surface area contributed by atoms with Crippen molar-refractivity contribution in [1.82, 2.24) is 4.90 Å². The third-order valence-corrected chi connectivity index (χ3v) is 5.05. The molecule has 1 aliphatic rings. The van der Waals surface area contributed by atoms with E-state index in [4.69, 9.17) is 9.47 Å². The standard InChI is InChI=1S/C22H23NO4S/c1-2-3-14-26-19-11-9-17(10-12-19)16-20-21(24)23(22(25)28-20)13-15-27-18-7-5-4-6-8-18/h4-12,16H,2-3,13-15H2,1H3/b20-16-. The lowest BCUT2D eigenvalue weighted by molar-refractivity contribution is -0.123. The number of thioether (sulfide) groups is 1. The first-order valence-corrected chi connectivity index (χ1v) is 10.1. The number of unbranched alkanes of at least 4 members (excludes halogenated alkanes) is 1. The fourth-order valence-electron chi connectivity index (χ4n) is 2.61. The number of rotatable bonds is 9. The van der Waals surface area contributed by atoms with Crippen molar-refractivity contribution in [2.45, 2.75) is 19.8 Å². The van der Waals surface area contributed by atoms with E-state index in [0.717, 1.165) is 35.9 Å². The zero-order valence-corrected chi connectivity index (χ0v) is 16.6. The zero-order chi connectivity index (χ0) is 19.8. The quantitative estimate of drug-likeness (QED) is 0.441.